The van der Waals surface area contributed by atoms with Crippen LogP contribution in [-0.4, -0.2) is 46.4 Å². The highest BCUT2D eigenvalue weighted by Crippen LogP contribution is 2.52. The van der Waals surface area contributed by atoms with Gasteiger partial charge in [-0.3, -0.25) is 9.69 Å². The molecule has 6 rings (SSSR count). The molecule has 3 fully saturated rings. The summed E-state index contributed by atoms with van der Waals surface area (Å²) in [5.74, 6) is 0.903. The van der Waals surface area contributed by atoms with Gasteiger partial charge in [-0.25, -0.2) is 0 Å². The van der Waals surface area contributed by atoms with Crippen molar-refractivity contribution in [3.05, 3.63) is 77.4 Å². The molecule has 3 heterocycles. The summed E-state index contributed by atoms with van der Waals surface area (Å²) >= 11 is 0. The van der Waals surface area contributed by atoms with Crippen molar-refractivity contribution in [3.63, 3.8) is 0 Å². The molecule has 148 valence electrons. The molecule has 0 bridgehead atoms. The number of carbonyl (C=O) groups is 1. The summed E-state index contributed by atoms with van der Waals surface area (Å²) in [4.78, 5) is 18.6. The molecule has 2 aromatic carbocycles. The van der Waals surface area contributed by atoms with Gasteiger partial charge in [-0.05, 0) is 55.3 Å². The Morgan fingerprint density at radius 2 is 1.69 bits per heavy atom. The lowest BCUT2D eigenvalue weighted by Crippen LogP contribution is -2.52. The van der Waals surface area contributed by atoms with Crippen molar-refractivity contribution in [2.24, 2.45) is 5.92 Å². The van der Waals surface area contributed by atoms with E-state index in [1.165, 1.54) is 16.7 Å². The first-order chi connectivity index (χ1) is 14.3. The van der Waals surface area contributed by atoms with E-state index in [-0.39, 0.29) is 5.54 Å². The largest absolute Gasteiger partial charge is 0.337 e. The zero-order chi connectivity index (χ0) is 19.4. The van der Waals surface area contributed by atoms with Gasteiger partial charge in [0.25, 0.3) is 0 Å². The number of rotatable bonds is 3. The minimum Gasteiger partial charge on any atom is -0.337 e. The van der Waals surface area contributed by atoms with E-state index in [0.29, 0.717) is 23.9 Å². The van der Waals surface area contributed by atoms with Crippen LogP contribution in [0.2, 0.25) is 0 Å². The molecule has 0 aromatic heterocycles. The lowest BCUT2D eigenvalue weighted by molar-refractivity contribution is -0.138. The molecular formula is C26H28N2O. The summed E-state index contributed by atoms with van der Waals surface area (Å²) in [6.45, 7) is 2.01. The molecule has 0 radical (unpaired) electrons. The lowest BCUT2D eigenvalue weighted by Gasteiger charge is -2.34. The molecule has 1 spiro atoms. The molecular weight excluding hydrogens is 356 g/mol. The second-order valence-electron chi connectivity index (χ2n) is 9.28. The first-order valence-electron chi connectivity index (χ1n) is 11.1. The molecule has 29 heavy (non-hydrogen) atoms. The smallest absolute Gasteiger partial charge is 0.243 e. The molecule has 4 aliphatic rings. The predicted molar refractivity (Wildman–Crippen MR) is 115 cm³/mol. The van der Waals surface area contributed by atoms with Crippen molar-refractivity contribution in [2.45, 2.75) is 49.7 Å². The van der Waals surface area contributed by atoms with Gasteiger partial charge in [0.1, 0.15) is 5.54 Å². The third-order valence-electron chi connectivity index (χ3n) is 7.90. The van der Waals surface area contributed by atoms with E-state index in [9.17, 15) is 4.79 Å². The predicted octanol–water partition coefficient (Wildman–Crippen LogP) is 3.93. The first kappa shape index (κ1) is 17.5. The Kier molecular flexibility index (Phi) is 3.95. The van der Waals surface area contributed by atoms with Crippen LogP contribution in [0, 0.1) is 5.92 Å². The molecule has 3 nitrogen and oxygen atoms in total. The van der Waals surface area contributed by atoms with E-state index in [0.717, 1.165) is 45.2 Å². The fourth-order valence-electron chi connectivity index (χ4n) is 6.61. The minimum absolute atomic E-state index is 0.222. The molecule has 1 amide bonds. The quantitative estimate of drug-likeness (QED) is 0.800. The average Bonchev–Trinajstić information content (AvgIpc) is 3.48. The third kappa shape index (κ3) is 2.56. The summed E-state index contributed by atoms with van der Waals surface area (Å²) in [5.41, 5.74) is 3.90. The second kappa shape index (κ2) is 6.56. The maximum absolute atomic E-state index is 13.8. The number of hydrogen-bond donors (Lipinski definition) is 0. The normalized spacial score (nSPS) is 31.6. The monoisotopic (exact) mass is 384 g/mol. The van der Waals surface area contributed by atoms with Crippen molar-refractivity contribution < 1.29 is 4.79 Å². The van der Waals surface area contributed by atoms with Crippen LogP contribution in [0.5, 0.6) is 0 Å². The zero-order valence-corrected chi connectivity index (χ0v) is 16.8. The molecule has 3 saturated heterocycles. The Morgan fingerprint density at radius 3 is 2.45 bits per heavy atom. The van der Waals surface area contributed by atoms with E-state index in [1.807, 2.05) is 0 Å². The lowest BCUT2D eigenvalue weighted by atomic mass is 9.85. The Balaban J connectivity index is 1.24. The number of fused-ring (bicyclic) bond motifs is 1. The topological polar surface area (TPSA) is 23.6 Å². The standard InChI is InChI=1S/C26H28N2O/c29-25-26-13-6-14-28(26)23(12-11-19-7-2-1-3-8-19)17-22(26)18-27(25)24-15-20-9-4-5-10-21(20)16-24/h1-5,7-12,22-24H,6,13-18H2/t22-,23+,26-/m0/s1. The summed E-state index contributed by atoms with van der Waals surface area (Å²) in [6, 6.07) is 20.0. The van der Waals surface area contributed by atoms with Crippen LogP contribution < -0.4 is 0 Å². The molecule has 3 heteroatoms. The highest BCUT2D eigenvalue weighted by atomic mass is 16.2. The molecule has 3 atom stereocenters. The fraction of sp³-hybridized carbons (Fsp3) is 0.423. The number of likely N-dealkylation sites (tertiary alicyclic amines) is 1. The van der Waals surface area contributed by atoms with Gasteiger partial charge in [0, 0.05) is 24.5 Å². The summed E-state index contributed by atoms with van der Waals surface area (Å²) in [5, 5.41) is 0. The van der Waals surface area contributed by atoms with Crippen LogP contribution in [0.15, 0.2) is 60.7 Å². The summed E-state index contributed by atoms with van der Waals surface area (Å²) in [6.07, 6.45) is 9.96. The van der Waals surface area contributed by atoms with Gasteiger partial charge in [0.15, 0.2) is 0 Å². The molecule has 3 aliphatic heterocycles. The van der Waals surface area contributed by atoms with Gasteiger partial charge in [0.05, 0.1) is 0 Å². The minimum atomic E-state index is -0.222. The molecule has 2 aromatic rings. The van der Waals surface area contributed by atoms with E-state index < -0.39 is 0 Å². The summed E-state index contributed by atoms with van der Waals surface area (Å²) in [7, 11) is 0. The average molecular weight is 385 g/mol. The van der Waals surface area contributed by atoms with Gasteiger partial charge in [-0.1, -0.05) is 66.7 Å². The molecule has 0 N–H and O–H groups in total. The number of hydrogen-bond acceptors (Lipinski definition) is 2. The van der Waals surface area contributed by atoms with Gasteiger partial charge in [-0.15, -0.1) is 0 Å². The van der Waals surface area contributed by atoms with Crippen LogP contribution in [0.4, 0.5) is 0 Å². The van der Waals surface area contributed by atoms with Crippen LogP contribution in [-0.2, 0) is 17.6 Å². The van der Waals surface area contributed by atoms with E-state index in [1.54, 1.807) is 0 Å². The van der Waals surface area contributed by atoms with Gasteiger partial charge < -0.3 is 4.90 Å². The van der Waals surface area contributed by atoms with Gasteiger partial charge in [0.2, 0.25) is 5.91 Å². The highest BCUT2D eigenvalue weighted by Gasteiger charge is 2.65. The van der Waals surface area contributed by atoms with Crippen molar-refractivity contribution >= 4 is 12.0 Å². The van der Waals surface area contributed by atoms with Gasteiger partial charge in [-0.2, -0.15) is 0 Å². The highest BCUT2D eigenvalue weighted by molar-refractivity contribution is 5.90. The third-order valence-corrected chi connectivity index (χ3v) is 7.90. The SMILES string of the molecule is O=C1N(C2Cc3ccccc3C2)C[C@@H]2C[C@@H](C=Cc3ccccc3)N3CCC[C@@]123. The number of nitrogens with zero attached hydrogens (tertiary/aromatic N) is 2. The zero-order valence-electron chi connectivity index (χ0n) is 16.8. The van der Waals surface area contributed by atoms with Crippen molar-refractivity contribution in [2.75, 3.05) is 13.1 Å². The van der Waals surface area contributed by atoms with Crippen LogP contribution >= 0.6 is 0 Å². The maximum atomic E-state index is 13.8. The Labute approximate surface area is 173 Å². The Morgan fingerprint density at radius 1 is 0.966 bits per heavy atom. The van der Waals surface area contributed by atoms with E-state index in [2.05, 4.69) is 76.5 Å². The maximum Gasteiger partial charge on any atom is 0.243 e. The molecule has 1 aliphatic carbocycles. The van der Waals surface area contributed by atoms with Crippen molar-refractivity contribution in [1.29, 1.82) is 0 Å². The van der Waals surface area contributed by atoms with Gasteiger partial charge >= 0.3 is 0 Å². The van der Waals surface area contributed by atoms with Crippen molar-refractivity contribution in [3.8, 4) is 0 Å². The number of benzene rings is 2. The van der Waals surface area contributed by atoms with Crippen LogP contribution in [0.25, 0.3) is 6.08 Å². The summed E-state index contributed by atoms with van der Waals surface area (Å²) < 4.78 is 0. The number of amides is 1. The Bertz CT molecular complexity index is 943. The van der Waals surface area contributed by atoms with E-state index >= 15 is 0 Å². The molecule has 0 saturated carbocycles. The van der Waals surface area contributed by atoms with Crippen molar-refractivity contribution in [1.82, 2.24) is 9.80 Å². The van der Waals surface area contributed by atoms with Crippen LogP contribution in [0.3, 0.4) is 0 Å². The van der Waals surface area contributed by atoms with Crippen LogP contribution in [0.1, 0.15) is 36.0 Å². The first-order valence-corrected chi connectivity index (χ1v) is 11.1. The van der Waals surface area contributed by atoms with E-state index in [4.69, 9.17) is 0 Å². The number of carbonyl (C=O) groups excluding carboxylic acids is 1. The second-order valence-corrected chi connectivity index (χ2v) is 9.28. The fourth-order valence-corrected chi connectivity index (χ4v) is 6.61. The Hall–Kier alpha value is -2.39. The molecule has 0 unspecified atom stereocenters.